The van der Waals surface area contributed by atoms with Crippen molar-refractivity contribution in [2.24, 2.45) is 0 Å². The molecule has 0 bridgehead atoms. The Kier molecular flexibility index (Phi) is 5.90. The van der Waals surface area contributed by atoms with Gasteiger partial charge in [0, 0.05) is 17.0 Å². The lowest BCUT2D eigenvalue weighted by Gasteiger charge is -2.17. The molecule has 1 heterocycles. The van der Waals surface area contributed by atoms with Crippen LogP contribution in [0.2, 0.25) is 0 Å². The fraction of sp³-hybridized carbons (Fsp3) is 0.375. The van der Waals surface area contributed by atoms with Crippen molar-refractivity contribution in [2.75, 3.05) is 6.54 Å². The van der Waals surface area contributed by atoms with Crippen LogP contribution in [0.25, 0.3) is 0 Å². The standard InChI is InChI=1S/C16H18BrF2NS/c1-3-6-20-14(15-7-10(2)16(17)21-15)8-11-4-5-12(18)9-13(11)19/h4-5,7,9,14,20H,3,6,8H2,1-2H3. The third-order valence-electron chi connectivity index (χ3n) is 3.30. The Balaban J connectivity index is 2.23. The molecule has 1 unspecified atom stereocenters. The van der Waals surface area contributed by atoms with Crippen LogP contribution in [0, 0.1) is 18.6 Å². The highest BCUT2D eigenvalue weighted by atomic mass is 79.9. The second kappa shape index (κ2) is 7.47. The van der Waals surface area contributed by atoms with Gasteiger partial charge in [0.25, 0.3) is 0 Å². The van der Waals surface area contributed by atoms with Gasteiger partial charge in [0.05, 0.1) is 3.79 Å². The van der Waals surface area contributed by atoms with E-state index in [1.807, 2.05) is 6.92 Å². The van der Waals surface area contributed by atoms with E-state index in [0.29, 0.717) is 12.0 Å². The summed E-state index contributed by atoms with van der Waals surface area (Å²) in [5, 5.41) is 3.45. The Morgan fingerprint density at radius 3 is 2.62 bits per heavy atom. The van der Waals surface area contributed by atoms with E-state index in [0.717, 1.165) is 27.7 Å². The molecule has 5 heteroatoms. The number of benzene rings is 1. The van der Waals surface area contributed by atoms with E-state index in [1.54, 1.807) is 11.3 Å². The van der Waals surface area contributed by atoms with Crippen molar-refractivity contribution in [1.29, 1.82) is 0 Å². The van der Waals surface area contributed by atoms with Crippen molar-refractivity contribution < 1.29 is 8.78 Å². The van der Waals surface area contributed by atoms with Crippen LogP contribution >= 0.6 is 27.3 Å². The van der Waals surface area contributed by atoms with E-state index >= 15 is 0 Å². The number of hydrogen-bond donors (Lipinski definition) is 1. The van der Waals surface area contributed by atoms with Crippen molar-refractivity contribution in [3.63, 3.8) is 0 Å². The minimum absolute atomic E-state index is 0.0416. The maximum Gasteiger partial charge on any atom is 0.129 e. The first-order valence-corrected chi connectivity index (χ1v) is 8.55. The summed E-state index contributed by atoms with van der Waals surface area (Å²) in [6.45, 7) is 5.00. The van der Waals surface area contributed by atoms with Gasteiger partial charge in [0.1, 0.15) is 11.6 Å². The predicted molar refractivity (Wildman–Crippen MR) is 87.9 cm³/mol. The van der Waals surface area contributed by atoms with Gasteiger partial charge >= 0.3 is 0 Å². The van der Waals surface area contributed by atoms with Gasteiger partial charge in [-0.3, -0.25) is 0 Å². The van der Waals surface area contributed by atoms with E-state index in [-0.39, 0.29) is 6.04 Å². The second-order valence-electron chi connectivity index (χ2n) is 5.05. The lowest BCUT2D eigenvalue weighted by Crippen LogP contribution is -2.23. The highest BCUT2D eigenvalue weighted by Crippen LogP contribution is 2.33. The quantitative estimate of drug-likeness (QED) is 0.716. The first-order chi connectivity index (χ1) is 10.0. The van der Waals surface area contributed by atoms with Gasteiger partial charge in [0.2, 0.25) is 0 Å². The molecule has 0 aliphatic carbocycles. The normalized spacial score (nSPS) is 12.6. The molecule has 114 valence electrons. The number of aryl methyl sites for hydroxylation is 1. The van der Waals surface area contributed by atoms with Gasteiger partial charge in [-0.05, 0) is 65.5 Å². The number of thiophene rings is 1. The van der Waals surface area contributed by atoms with Crippen LogP contribution in [0.15, 0.2) is 28.1 Å². The zero-order valence-corrected chi connectivity index (χ0v) is 14.5. The Hall–Kier alpha value is -0.780. The van der Waals surface area contributed by atoms with Crippen molar-refractivity contribution in [3.8, 4) is 0 Å². The molecule has 0 radical (unpaired) electrons. The van der Waals surface area contributed by atoms with Crippen LogP contribution in [-0.4, -0.2) is 6.54 Å². The molecule has 0 amide bonds. The molecule has 1 aromatic carbocycles. The molecule has 1 atom stereocenters. The molecule has 0 saturated heterocycles. The summed E-state index contributed by atoms with van der Waals surface area (Å²) in [7, 11) is 0. The van der Waals surface area contributed by atoms with E-state index < -0.39 is 11.6 Å². The molecule has 1 nitrogen and oxygen atoms in total. The fourth-order valence-electron chi connectivity index (χ4n) is 2.15. The molecule has 2 aromatic rings. The molecule has 21 heavy (non-hydrogen) atoms. The average molecular weight is 374 g/mol. The summed E-state index contributed by atoms with van der Waals surface area (Å²) in [4.78, 5) is 1.16. The Morgan fingerprint density at radius 1 is 1.29 bits per heavy atom. The summed E-state index contributed by atoms with van der Waals surface area (Å²) in [6, 6.07) is 5.94. The molecular weight excluding hydrogens is 356 g/mol. The third-order valence-corrected chi connectivity index (χ3v) is 5.55. The van der Waals surface area contributed by atoms with E-state index in [2.05, 4.69) is 34.2 Å². The topological polar surface area (TPSA) is 12.0 Å². The predicted octanol–water partition coefficient (Wildman–Crippen LogP) is 5.38. The van der Waals surface area contributed by atoms with Crippen LogP contribution in [0.1, 0.15) is 35.4 Å². The van der Waals surface area contributed by atoms with Gasteiger partial charge < -0.3 is 5.32 Å². The van der Waals surface area contributed by atoms with Crippen molar-refractivity contribution in [3.05, 3.63) is 55.7 Å². The lowest BCUT2D eigenvalue weighted by molar-refractivity contribution is 0.513. The van der Waals surface area contributed by atoms with E-state index in [9.17, 15) is 8.78 Å². The molecule has 0 aliphatic rings. The van der Waals surface area contributed by atoms with Gasteiger partial charge in [0.15, 0.2) is 0 Å². The number of halogens is 3. The molecule has 1 aromatic heterocycles. The smallest absolute Gasteiger partial charge is 0.129 e. The molecular formula is C16H18BrF2NS. The Bertz CT molecular complexity index is 593. The number of rotatable bonds is 6. The zero-order valence-electron chi connectivity index (χ0n) is 12.1. The molecule has 0 fully saturated rings. The first kappa shape index (κ1) is 16.6. The van der Waals surface area contributed by atoms with Crippen LogP contribution in [0.3, 0.4) is 0 Å². The van der Waals surface area contributed by atoms with Crippen molar-refractivity contribution in [1.82, 2.24) is 5.32 Å². The highest BCUT2D eigenvalue weighted by Gasteiger charge is 2.17. The third kappa shape index (κ3) is 4.34. The van der Waals surface area contributed by atoms with Gasteiger partial charge in [-0.15, -0.1) is 11.3 Å². The van der Waals surface area contributed by atoms with Crippen molar-refractivity contribution in [2.45, 2.75) is 32.7 Å². The number of nitrogens with one attached hydrogen (secondary N) is 1. The van der Waals surface area contributed by atoms with Gasteiger partial charge in [-0.2, -0.15) is 0 Å². The summed E-state index contributed by atoms with van der Waals surface area (Å²) >= 11 is 5.19. The zero-order chi connectivity index (χ0) is 15.4. The van der Waals surface area contributed by atoms with Crippen LogP contribution in [0.5, 0.6) is 0 Å². The maximum atomic E-state index is 13.9. The van der Waals surface area contributed by atoms with Crippen molar-refractivity contribution >= 4 is 27.3 Å². The minimum Gasteiger partial charge on any atom is -0.309 e. The molecule has 0 saturated carbocycles. The molecule has 0 aliphatic heterocycles. The highest BCUT2D eigenvalue weighted by molar-refractivity contribution is 9.11. The summed E-state index contributed by atoms with van der Waals surface area (Å²) in [6.07, 6.45) is 1.52. The second-order valence-corrected chi connectivity index (χ2v) is 7.45. The van der Waals surface area contributed by atoms with Gasteiger partial charge in [-0.25, -0.2) is 8.78 Å². The Morgan fingerprint density at radius 2 is 2.05 bits per heavy atom. The Labute approximate surface area is 136 Å². The summed E-state index contributed by atoms with van der Waals surface area (Å²) < 4.78 is 28.0. The average Bonchev–Trinajstić information content (AvgIpc) is 2.77. The molecule has 1 N–H and O–H groups in total. The van der Waals surface area contributed by atoms with Crippen LogP contribution in [0.4, 0.5) is 8.78 Å². The SMILES string of the molecule is CCCNC(Cc1ccc(F)cc1F)c1cc(C)c(Br)s1. The lowest BCUT2D eigenvalue weighted by atomic mass is 10.0. The van der Waals surface area contributed by atoms with E-state index in [4.69, 9.17) is 0 Å². The fourth-order valence-corrected chi connectivity index (χ4v) is 3.80. The van der Waals surface area contributed by atoms with Crippen LogP contribution in [-0.2, 0) is 6.42 Å². The number of hydrogen-bond acceptors (Lipinski definition) is 2. The summed E-state index contributed by atoms with van der Waals surface area (Å²) in [5.74, 6) is -1.02. The first-order valence-electron chi connectivity index (χ1n) is 6.94. The monoisotopic (exact) mass is 373 g/mol. The minimum atomic E-state index is -0.538. The van der Waals surface area contributed by atoms with E-state index in [1.165, 1.54) is 17.7 Å². The maximum absolute atomic E-state index is 13.9. The molecule has 2 rings (SSSR count). The van der Waals surface area contributed by atoms with Crippen LogP contribution < -0.4 is 5.32 Å². The summed E-state index contributed by atoms with van der Waals surface area (Å²) in [5.41, 5.74) is 1.71. The molecule has 0 spiro atoms. The van der Waals surface area contributed by atoms with Gasteiger partial charge in [-0.1, -0.05) is 13.0 Å². The largest absolute Gasteiger partial charge is 0.309 e.